The Morgan fingerprint density at radius 3 is 2.89 bits per heavy atom. The molecule has 0 aliphatic heterocycles. The molecule has 3 aromatic rings. The Bertz CT molecular complexity index is 748. The van der Waals surface area contributed by atoms with Crippen LogP contribution in [-0.2, 0) is 13.6 Å². The molecule has 5 heteroatoms. The van der Waals surface area contributed by atoms with Crippen LogP contribution in [0.4, 0.5) is 4.39 Å². The van der Waals surface area contributed by atoms with Crippen LogP contribution in [0, 0.1) is 5.82 Å². The van der Waals surface area contributed by atoms with Gasteiger partial charge in [-0.1, -0.05) is 6.07 Å². The molecule has 0 radical (unpaired) electrons. The number of para-hydroxylation sites is 1. The number of hydrogen-bond acceptors (Lipinski definition) is 3. The minimum absolute atomic E-state index is 0.313. The summed E-state index contributed by atoms with van der Waals surface area (Å²) in [6.07, 6.45) is 1.69. The summed E-state index contributed by atoms with van der Waals surface area (Å²) in [5, 5.41) is 0. The second kappa shape index (κ2) is 4.44. The standard InChI is InChI=1S/C14H13FN4/c1-19-12-4-2-3-11(15)13(12)18-14(19)9-5-6-17-10(7-9)8-16/h2-7H,8,16H2,1H3. The van der Waals surface area contributed by atoms with Crippen LogP contribution in [0.2, 0.25) is 0 Å². The number of fused-ring (bicyclic) bond motifs is 1. The molecule has 1 aromatic carbocycles. The molecular formula is C14H13FN4. The Morgan fingerprint density at radius 1 is 1.32 bits per heavy atom. The van der Waals surface area contributed by atoms with E-state index in [2.05, 4.69) is 9.97 Å². The lowest BCUT2D eigenvalue weighted by molar-refractivity contribution is 0.637. The smallest absolute Gasteiger partial charge is 0.151 e. The number of halogens is 1. The molecule has 19 heavy (non-hydrogen) atoms. The Kier molecular flexibility index (Phi) is 2.76. The molecule has 0 unspecified atom stereocenters. The fourth-order valence-electron chi connectivity index (χ4n) is 2.17. The second-order valence-corrected chi connectivity index (χ2v) is 4.34. The zero-order valence-corrected chi connectivity index (χ0v) is 10.5. The Labute approximate surface area is 109 Å². The normalized spacial score (nSPS) is 11.1. The van der Waals surface area contributed by atoms with Crippen LogP contribution in [0.1, 0.15) is 5.69 Å². The fraction of sp³-hybridized carbons (Fsp3) is 0.143. The zero-order valence-electron chi connectivity index (χ0n) is 10.5. The molecule has 2 heterocycles. The van der Waals surface area contributed by atoms with Gasteiger partial charge < -0.3 is 10.3 Å². The highest BCUT2D eigenvalue weighted by Gasteiger charge is 2.12. The number of benzene rings is 1. The van der Waals surface area contributed by atoms with Crippen molar-refractivity contribution >= 4 is 11.0 Å². The van der Waals surface area contributed by atoms with Gasteiger partial charge in [-0.2, -0.15) is 0 Å². The van der Waals surface area contributed by atoms with Gasteiger partial charge in [0.2, 0.25) is 0 Å². The molecular weight excluding hydrogens is 243 g/mol. The third-order valence-corrected chi connectivity index (χ3v) is 3.15. The van der Waals surface area contributed by atoms with Gasteiger partial charge in [-0.05, 0) is 24.3 Å². The van der Waals surface area contributed by atoms with Crippen LogP contribution in [0.15, 0.2) is 36.5 Å². The summed E-state index contributed by atoms with van der Waals surface area (Å²) in [5.74, 6) is 0.393. The molecule has 0 aliphatic carbocycles. The van der Waals surface area contributed by atoms with Crippen LogP contribution in [0.25, 0.3) is 22.4 Å². The molecule has 0 aliphatic rings. The van der Waals surface area contributed by atoms with Crippen molar-refractivity contribution in [2.45, 2.75) is 6.54 Å². The van der Waals surface area contributed by atoms with Gasteiger partial charge in [0.05, 0.1) is 11.2 Å². The molecule has 0 spiro atoms. The van der Waals surface area contributed by atoms with Crippen molar-refractivity contribution in [3.63, 3.8) is 0 Å². The summed E-state index contributed by atoms with van der Waals surface area (Å²) in [4.78, 5) is 8.53. The summed E-state index contributed by atoms with van der Waals surface area (Å²) in [5.41, 5.74) is 8.40. The SMILES string of the molecule is Cn1c(-c2ccnc(CN)c2)nc2c(F)cccc21. The van der Waals surface area contributed by atoms with Crippen LogP contribution < -0.4 is 5.73 Å². The van der Waals surface area contributed by atoms with Crippen molar-refractivity contribution in [3.05, 3.63) is 48.0 Å². The van der Waals surface area contributed by atoms with Crippen molar-refractivity contribution in [1.82, 2.24) is 14.5 Å². The first-order chi connectivity index (χ1) is 9.20. The molecule has 2 N–H and O–H groups in total. The largest absolute Gasteiger partial charge is 0.327 e. The summed E-state index contributed by atoms with van der Waals surface area (Å²) in [6, 6.07) is 8.66. The number of nitrogens with zero attached hydrogens (tertiary/aromatic N) is 3. The van der Waals surface area contributed by atoms with E-state index >= 15 is 0 Å². The van der Waals surface area contributed by atoms with Crippen molar-refractivity contribution in [1.29, 1.82) is 0 Å². The monoisotopic (exact) mass is 256 g/mol. The Morgan fingerprint density at radius 2 is 2.16 bits per heavy atom. The number of aromatic nitrogens is 3. The van der Waals surface area contributed by atoms with Gasteiger partial charge in [0, 0.05) is 25.4 Å². The number of nitrogens with two attached hydrogens (primary N) is 1. The molecule has 96 valence electrons. The molecule has 0 amide bonds. The summed E-state index contributed by atoms with van der Waals surface area (Å²) >= 11 is 0. The molecule has 2 aromatic heterocycles. The number of imidazole rings is 1. The van der Waals surface area contributed by atoms with Gasteiger partial charge >= 0.3 is 0 Å². The maximum atomic E-state index is 13.7. The molecule has 0 saturated heterocycles. The molecule has 4 nitrogen and oxygen atoms in total. The number of pyridine rings is 1. The summed E-state index contributed by atoms with van der Waals surface area (Å²) in [6.45, 7) is 0.367. The highest BCUT2D eigenvalue weighted by atomic mass is 19.1. The number of aryl methyl sites for hydroxylation is 1. The predicted octanol–water partition coefficient (Wildman–Crippen LogP) is 2.23. The van der Waals surface area contributed by atoms with Crippen LogP contribution >= 0.6 is 0 Å². The fourth-order valence-corrected chi connectivity index (χ4v) is 2.17. The molecule has 3 rings (SSSR count). The van der Waals surface area contributed by atoms with E-state index in [0.29, 0.717) is 17.9 Å². The average Bonchev–Trinajstić information content (AvgIpc) is 2.78. The van der Waals surface area contributed by atoms with Crippen molar-refractivity contribution in [3.8, 4) is 11.4 Å². The van der Waals surface area contributed by atoms with E-state index in [-0.39, 0.29) is 5.82 Å². The zero-order chi connectivity index (χ0) is 13.4. The Hall–Kier alpha value is -2.27. The minimum Gasteiger partial charge on any atom is -0.327 e. The van der Waals surface area contributed by atoms with E-state index in [0.717, 1.165) is 16.8 Å². The van der Waals surface area contributed by atoms with Crippen molar-refractivity contribution in [2.24, 2.45) is 12.8 Å². The number of rotatable bonds is 2. The highest BCUT2D eigenvalue weighted by Crippen LogP contribution is 2.25. The van der Waals surface area contributed by atoms with E-state index in [1.165, 1.54) is 6.07 Å². The van der Waals surface area contributed by atoms with E-state index in [1.807, 2.05) is 29.8 Å². The minimum atomic E-state index is -0.313. The van der Waals surface area contributed by atoms with E-state index < -0.39 is 0 Å². The summed E-state index contributed by atoms with van der Waals surface area (Å²) in [7, 11) is 1.87. The van der Waals surface area contributed by atoms with Crippen LogP contribution in [0.5, 0.6) is 0 Å². The molecule has 0 fully saturated rings. The lowest BCUT2D eigenvalue weighted by Crippen LogP contribution is -2.00. The summed E-state index contributed by atoms with van der Waals surface area (Å²) < 4.78 is 15.6. The van der Waals surface area contributed by atoms with Gasteiger partial charge in [0.1, 0.15) is 11.3 Å². The Balaban J connectivity index is 2.25. The van der Waals surface area contributed by atoms with E-state index in [1.54, 1.807) is 12.3 Å². The van der Waals surface area contributed by atoms with Gasteiger partial charge in [-0.25, -0.2) is 9.37 Å². The lowest BCUT2D eigenvalue weighted by atomic mass is 10.2. The van der Waals surface area contributed by atoms with Crippen molar-refractivity contribution < 1.29 is 4.39 Å². The van der Waals surface area contributed by atoms with Crippen molar-refractivity contribution in [2.75, 3.05) is 0 Å². The van der Waals surface area contributed by atoms with Crippen LogP contribution in [-0.4, -0.2) is 14.5 Å². The second-order valence-electron chi connectivity index (χ2n) is 4.34. The predicted molar refractivity (Wildman–Crippen MR) is 71.8 cm³/mol. The first-order valence-electron chi connectivity index (χ1n) is 5.97. The van der Waals surface area contributed by atoms with E-state index in [9.17, 15) is 4.39 Å². The maximum Gasteiger partial charge on any atom is 0.151 e. The van der Waals surface area contributed by atoms with Crippen LogP contribution in [0.3, 0.4) is 0 Å². The first kappa shape index (κ1) is 11.8. The highest BCUT2D eigenvalue weighted by molar-refractivity contribution is 5.81. The lowest BCUT2D eigenvalue weighted by Gasteiger charge is -2.03. The van der Waals surface area contributed by atoms with Gasteiger partial charge in [0.15, 0.2) is 5.82 Å². The van der Waals surface area contributed by atoms with Gasteiger partial charge in [-0.15, -0.1) is 0 Å². The molecule has 0 atom stereocenters. The first-order valence-corrected chi connectivity index (χ1v) is 5.97. The van der Waals surface area contributed by atoms with Gasteiger partial charge in [-0.3, -0.25) is 4.98 Å². The molecule has 0 saturated carbocycles. The quantitative estimate of drug-likeness (QED) is 0.765. The third-order valence-electron chi connectivity index (χ3n) is 3.15. The molecule has 0 bridgehead atoms. The third kappa shape index (κ3) is 1.88. The van der Waals surface area contributed by atoms with Gasteiger partial charge in [0.25, 0.3) is 0 Å². The maximum absolute atomic E-state index is 13.7. The number of hydrogen-bond donors (Lipinski definition) is 1. The van der Waals surface area contributed by atoms with E-state index in [4.69, 9.17) is 5.73 Å². The average molecular weight is 256 g/mol. The topological polar surface area (TPSA) is 56.7 Å².